The summed E-state index contributed by atoms with van der Waals surface area (Å²) in [5.74, 6) is 0.201. The van der Waals surface area contributed by atoms with E-state index in [0.29, 0.717) is 31.9 Å². The summed E-state index contributed by atoms with van der Waals surface area (Å²) in [7, 11) is 0. The van der Waals surface area contributed by atoms with E-state index in [-0.39, 0.29) is 48.6 Å². The fourth-order valence-electron chi connectivity index (χ4n) is 3.29. The van der Waals surface area contributed by atoms with Crippen molar-refractivity contribution in [2.75, 3.05) is 25.0 Å². The van der Waals surface area contributed by atoms with Crippen molar-refractivity contribution >= 4 is 42.4 Å². The number of anilines is 1. The molecule has 2 aliphatic heterocycles. The van der Waals surface area contributed by atoms with Crippen LogP contribution in [0.25, 0.3) is 0 Å². The van der Waals surface area contributed by atoms with E-state index in [1.165, 1.54) is 0 Å². The standard InChI is InChI=1S/C17H24N4O3.2ClH/c1-11-4-5-15(19-8-11)20-16(23)12-3-2-6-21(10-12)17(24)14-7-13(22)9-18-14;;/h4-5,8,12-14,18,22H,2-3,6-7,9-10H2,1H3,(H,19,20,23);2*1H. The second-order valence-corrected chi connectivity index (χ2v) is 6.68. The van der Waals surface area contributed by atoms with Gasteiger partial charge in [-0.1, -0.05) is 6.07 Å². The number of aromatic nitrogens is 1. The second kappa shape index (κ2) is 10.1. The number of piperidine rings is 1. The molecule has 0 aromatic carbocycles. The molecule has 2 amide bonds. The van der Waals surface area contributed by atoms with Crippen molar-refractivity contribution in [2.24, 2.45) is 5.92 Å². The van der Waals surface area contributed by atoms with Crippen molar-refractivity contribution in [3.05, 3.63) is 23.9 Å². The van der Waals surface area contributed by atoms with Crippen LogP contribution in [-0.2, 0) is 9.59 Å². The number of aryl methyl sites for hydroxylation is 1. The molecule has 3 heterocycles. The summed E-state index contributed by atoms with van der Waals surface area (Å²) in [5, 5.41) is 15.4. The van der Waals surface area contributed by atoms with Crippen LogP contribution in [0.2, 0.25) is 0 Å². The smallest absolute Gasteiger partial charge is 0.239 e. The Labute approximate surface area is 165 Å². The monoisotopic (exact) mass is 404 g/mol. The first-order valence-corrected chi connectivity index (χ1v) is 8.46. The number of hydrogen-bond acceptors (Lipinski definition) is 5. The van der Waals surface area contributed by atoms with Gasteiger partial charge < -0.3 is 20.6 Å². The maximum Gasteiger partial charge on any atom is 0.239 e. The van der Waals surface area contributed by atoms with Gasteiger partial charge in [0.05, 0.1) is 18.1 Å². The predicted molar refractivity (Wildman–Crippen MR) is 104 cm³/mol. The zero-order valence-electron chi connectivity index (χ0n) is 14.7. The number of nitrogens with one attached hydrogen (secondary N) is 2. The highest BCUT2D eigenvalue weighted by Gasteiger charge is 2.35. The van der Waals surface area contributed by atoms with Crippen LogP contribution < -0.4 is 10.6 Å². The lowest BCUT2D eigenvalue weighted by atomic mass is 9.96. The molecule has 0 radical (unpaired) electrons. The van der Waals surface area contributed by atoms with Gasteiger partial charge in [0.15, 0.2) is 0 Å². The van der Waals surface area contributed by atoms with Gasteiger partial charge in [-0.2, -0.15) is 0 Å². The lowest BCUT2D eigenvalue weighted by Crippen LogP contribution is -2.49. The molecule has 0 aliphatic carbocycles. The molecule has 2 aliphatic rings. The molecule has 26 heavy (non-hydrogen) atoms. The van der Waals surface area contributed by atoms with E-state index in [1.54, 1.807) is 17.2 Å². The lowest BCUT2D eigenvalue weighted by Gasteiger charge is -2.33. The summed E-state index contributed by atoms with van der Waals surface area (Å²) in [6, 6.07) is 3.35. The third-order valence-electron chi connectivity index (χ3n) is 4.67. The summed E-state index contributed by atoms with van der Waals surface area (Å²) in [6.45, 7) is 3.48. The number of amides is 2. The van der Waals surface area contributed by atoms with Crippen molar-refractivity contribution in [1.82, 2.24) is 15.2 Å². The van der Waals surface area contributed by atoms with Gasteiger partial charge in [-0.05, 0) is 37.8 Å². The Morgan fingerprint density at radius 2 is 2.12 bits per heavy atom. The van der Waals surface area contributed by atoms with Gasteiger partial charge in [-0.25, -0.2) is 4.98 Å². The number of aliphatic hydroxyl groups excluding tert-OH is 1. The van der Waals surface area contributed by atoms with E-state index in [4.69, 9.17) is 0 Å². The molecule has 3 atom stereocenters. The van der Waals surface area contributed by atoms with Crippen LogP contribution in [0.5, 0.6) is 0 Å². The first kappa shape index (κ1) is 22.6. The number of rotatable bonds is 3. The highest BCUT2D eigenvalue weighted by molar-refractivity contribution is 5.92. The van der Waals surface area contributed by atoms with E-state index in [9.17, 15) is 14.7 Å². The minimum Gasteiger partial charge on any atom is -0.392 e. The summed E-state index contributed by atoms with van der Waals surface area (Å²) in [6.07, 6.45) is 3.27. The van der Waals surface area contributed by atoms with E-state index in [2.05, 4.69) is 15.6 Å². The number of carbonyl (C=O) groups excluding carboxylic acids is 2. The average Bonchev–Trinajstić information content (AvgIpc) is 3.03. The van der Waals surface area contributed by atoms with Gasteiger partial charge in [-0.15, -0.1) is 24.8 Å². The molecule has 1 aromatic rings. The summed E-state index contributed by atoms with van der Waals surface area (Å²) < 4.78 is 0. The first-order chi connectivity index (χ1) is 11.5. The SMILES string of the molecule is Cc1ccc(NC(=O)C2CCCN(C(=O)C3CC(O)CN3)C2)nc1.Cl.Cl. The van der Waals surface area contributed by atoms with Crippen LogP contribution in [0.3, 0.4) is 0 Å². The predicted octanol–water partition coefficient (Wildman–Crippen LogP) is 1.13. The Balaban J connectivity index is 0.00000169. The molecule has 2 fully saturated rings. The van der Waals surface area contributed by atoms with E-state index in [0.717, 1.165) is 18.4 Å². The number of halogens is 2. The minimum atomic E-state index is -0.463. The fraction of sp³-hybridized carbons (Fsp3) is 0.588. The molecule has 2 saturated heterocycles. The molecule has 0 spiro atoms. The average molecular weight is 405 g/mol. The highest BCUT2D eigenvalue weighted by atomic mass is 35.5. The Morgan fingerprint density at radius 3 is 2.73 bits per heavy atom. The maximum atomic E-state index is 12.5. The molecule has 146 valence electrons. The molecule has 0 saturated carbocycles. The quantitative estimate of drug-likeness (QED) is 0.701. The largest absolute Gasteiger partial charge is 0.392 e. The number of nitrogens with zero attached hydrogens (tertiary/aromatic N) is 2. The van der Waals surface area contributed by atoms with Crippen LogP contribution in [0.15, 0.2) is 18.3 Å². The first-order valence-electron chi connectivity index (χ1n) is 8.46. The fourth-order valence-corrected chi connectivity index (χ4v) is 3.29. The van der Waals surface area contributed by atoms with Gasteiger partial charge >= 0.3 is 0 Å². The molecule has 7 nitrogen and oxygen atoms in total. The van der Waals surface area contributed by atoms with Crippen LogP contribution in [0.1, 0.15) is 24.8 Å². The number of hydrogen-bond donors (Lipinski definition) is 3. The number of carbonyl (C=O) groups is 2. The molecule has 9 heteroatoms. The molecule has 0 bridgehead atoms. The Kier molecular flexibility index (Phi) is 8.76. The van der Waals surface area contributed by atoms with Crippen molar-refractivity contribution in [2.45, 2.75) is 38.3 Å². The third kappa shape index (κ3) is 5.54. The van der Waals surface area contributed by atoms with Crippen molar-refractivity contribution < 1.29 is 14.7 Å². The van der Waals surface area contributed by atoms with Crippen molar-refractivity contribution in [3.8, 4) is 0 Å². The van der Waals surface area contributed by atoms with Gasteiger partial charge in [0.1, 0.15) is 5.82 Å². The maximum absolute atomic E-state index is 12.5. The number of aliphatic hydroxyl groups is 1. The Hall–Kier alpha value is -1.41. The molecule has 3 N–H and O–H groups in total. The lowest BCUT2D eigenvalue weighted by molar-refractivity contribution is -0.136. The van der Waals surface area contributed by atoms with Gasteiger partial charge in [-0.3, -0.25) is 9.59 Å². The number of β-amino-alcohol motifs (C(OH)–C–C–N with tert-alkyl or cyclic N) is 1. The van der Waals surface area contributed by atoms with Crippen molar-refractivity contribution in [1.29, 1.82) is 0 Å². The molecular formula is C17H26Cl2N4O3. The molecule has 1 aromatic heterocycles. The Morgan fingerprint density at radius 1 is 1.35 bits per heavy atom. The van der Waals surface area contributed by atoms with Crippen LogP contribution in [0, 0.1) is 12.8 Å². The number of pyridine rings is 1. The van der Waals surface area contributed by atoms with Crippen molar-refractivity contribution in [3.63, 3.8) is 0 Å². The van der Waals surface area contributed by atoms with E-state index >= 15 is 0 Å². The third-order valence-corrected chi connectivity index (χ3v) is 4.67. The van der Waals surface area contributed by atoms with Crippen LogP contribution >= 0.6 is 24.8 Å². The zero-order valence-corrected chi connectivity index (χ0v) is 16.3. The van der Waals surface area contributed by atoms with Gasteiger partial charge in [0.2, 0.25) is 11.8 Å². The summed E-state index contributed by atoms with van der Waals surface area (Å²) in [5.41, 5.74) is 1.04. The molecule has 3 unspecified atom stereocenters. The van der Waals surface area contributed by atoms with Crippen LogP contribution in [-0.4, -0.2) is 58.6 Å². The normalized spacial score (nSPS) is 25.0. The topological polar surface area (TPSA) is 94.6 Å². The van der Waals surface area contributed by atoms with Crippen LogP contribution in [0.4, 0.5) is 5.82 Å². The summed E-state index contributed by atoms with van der Waals surface area (Å²) >= 11 is 0. The molecular weight excluding hydrogens is 379 g/mol. The second-order valence-electron chi connectivity index (χ2n) is 6.68. The summed E-state index contributed by atoms with van der Waals surface area (Å²) in [4.78, 5) is 30.9. The van der Waals surface area contributed by atoms with E-state index in [1.807, 2.05) is 13.0 Å². The highest BCUT2D eigenvalue weighted by Crippen LogP contribution is 2.20. The van der Waals surface area contributed by atoms with Gasteiger partial charge in [0, 0.05) is 25.8 Å². The van der Waals surface area contributed by atoms with E-state index < -0.39 is 6.10 Å². The minimum absolute atomic E-state index is 0. The molecule has 3 rings (SSSR count). The number of likely N-dealkylation sites (tertiary alicyclic amines) is 1. The van der Waals surface area contributed by atoms with Gasteiger partial charge in [0.25, 0.3) is 0 Å². The Bertz CT molecular complexity index is 615. The zero-order chi connectivity index (χ0) is 17.1.